The van der Waals surface area contributed by atoms with E-state index in [0.717, 1.165) is 29.2 Å². The maximum atomic E-state index is 12.5. The number of benzene rings is 2. The van der Waals surface area contributed by atoms with Gasteiger partial charge in [0.15, 0.2) is 17.5 Å². The van der Waals surface area contributed by atoms with Crippen molar-refractivity contribution in [3.8, 4) is 11.5 Å². The second kappa shape index (κ2) is 7.36. The normalized spacial score (nSPS) is 13.6. The van der Waals surface area contributed by atoms with Crippen LogP contribution in [0.4, 0.5) is 0 Å². The molecule has 3 rings (SSSR count). The van der Waals surface area contributed by atoms with Crippen molar-refractivity contribution in [2.75, 3.05) is 13.8 Å². The molecule has 0 bridgehead atoms. The lowest BCUT2D eigenvalue weighted by atomic mass is 10.1. The van der Waals surface area contributed by atoms with Crippen molar-refractivity contribution in [2.45, 2.75) is 26.1 Å². The minimum absolute atomic E-state index is 0.125. The van der Waals surface area contributed by atoms with Crippen LogP contribution in [0.2, 0.25) is 0 Å². The number of likely N-dealkylation sites (N-methyl/N-ethyl adjacent to an activating group) is 1. The molecule has 0 fully saturated rings. The number of quaternary nitrogens is 1. The summed E-state index contributed by atoms with van der Waals surface area (Å²) in [5.41, 5.74) is 2.25. The molecule has 0 radical (unpaired) electrons. The van der Waals surface area contributed by atoms with E-state index in [1.54, 1.807) is 4.90 Å². The van der Waals surface area contributed by atoms with Gasteiger partial charge < -0.3 is 19.7 Å². The quantitative estimate of drug-likeness (QED) is 0.875. The van der Waals surface area contributed by atoms with Gasteiger partial charge >= 0.3 is 0 Å². The van der Waals surface area contributed by atoms with Crippen LogP contribution >= 0.6 is 0 Å². The van der Waals surface area contributed by atoms with E-state index in [0.29, 0.717) is 6.54 Å². The number of ether oxygens (including phenoxy) is 2. The minimum atomic E-state index is -0.135. The molecule has 24 heavy (non-hydrogen) atoms. The molecule has 0 unspecified atom stereocenters. The predicted octanol–water partition coefficient (Wildman–Crippen LogP) is 1.53. The summed E-state index contributed by atoms with van der Waals surface area (Å²) in [5.74, 6) is 1.69. The number of hydrogen-bond donors (Lipinski definition) is 1. The lowest BCUT2D eigenvalue weighted by Crippen LogP contribution is -2.90. The smallest absolute Gasteiger partial charge is 0.280 e. The Hall–Kier alpha value is -2.53. The van der Waals surface area contributed by atoms with E-state index < -0.39 is 0 Å². The van der Waals surface area contributed by atoms with Crippen LogP contribution in [-0.4, -0.2) is 30.7 Å². The third kappa shape index (κ3) is 3.86. The van der Waals surface area contributed by atoms with E-state index in [4.69, 9.17) is 9.47 Å². The molecule has 1 aliphatic rings. The van der Waals surface area contributed by atoms with Crippen LogP contribution in [0.1, 0.15) is 18.1 Å². The van der Waals surface area contributed by atoms with Crippen molar-refractivity contribution in [1.29, 1.82) is 0 Å². The summed E-state index contributed by atoms with van der Waals surface area (Å²) >= 11 is 0. The molecule has 1 atom stereocenters. The van der Waals surface area contributed by atoms with Crippen molar-refractivity contribution in [3.05, 3.63) is 59.7 Å². The molecule has 0 aliphatic carbocycles. The Bertz CT molecular complexity index is 703. The third-order valence-corrected chi connectivity index (χ3v) is 4.17. The first-order valence-corrected chi connectivity index (χ1v) is 8.14. The molecular formula is C19H23N2O3+. The van der Waals surface area contributed by atoms with Gasteiger partial charge in [0.05, 0.1) is 0 Å². The van der Waals surface area contributed by atoms with Crippen molar-refractivity contribution >= 4 is 5.91 Å². The fourth-order valence-corrected chi connectivity index (χ4v) is 2.76. The van der Waals surface area contributed by atoms with Crippen LogP contribution in [0.5, 0.6) is 11.5 Å². The SMILES string of the molecule is C[C@@H]([NH2+]Cc1ccc2c(c1)OCO2)C(=O)N(C)Cc1ccccc1. The molecule has 2 aromatic carbocycles. The first-order chi connectivity index (χ1) is 11.6. The zero-order valence-electron chi connectivity index (χ0n) is 14.1. The van der Waals surface area contributed by atoms with Gasteiger partial charge in [0.2, 0.25) is 6.79 Å². The Morgan fingerprint density at radius 1 is 1.12 bits per heavy atom. The summed E-state index contributed by atoms with van der Waals surface area (Å²) in [6, 6.07) is 15.8. The number of fused-ring (bicyclic) bond motifs is 1. The first kappa shape index (κ1) is 16.3. The Kier molecular flexibility index (Phi) is 5.01. The zero-order chi connectivity index (χ0) is 16.9. The summed E-state index contributed by atoms with van der Waals surface area (Å²) in [7, 11) is 1.85. The van der Waals surface area contributed by atoms with Gasteiger partial charge in [0.25, 0.3) is 5.91 Å². The average Bonchev–Trinajstić information content (AvgIpc) is 3.07. The number of carbonyl (C=O) groups is 1. The predicted molar refractivity (Wildman–Crippen MR) is 90.6 cm³/mol. The second-order valence-corrected chi connectivity index (χ2v) is 6.10. The highest BCUT2D eigenvalue weighted by Gasteiger charge is 2.21. The summed E-state index contributed by atoms with van der Waals surface area (Å²) in [5, 5.41) is 2.04. The van der Waals surface area contributed by atoms with Crippen LogP contribution in [0.15, 0.2) is 48.5 Å². The van der Waals surface area contributed by atoms with Crippen LogP contribution < -0.4 is 14.8 Å². The highest BCUT2D eigenvalue weighted by Crippen LogP contribution is 2.32. The molecular weight excluding hydrogens is 304 g/mol. The molecule has 2 aromatic rings. The summed E-state index contributed by atoms with van der Waals surface area (Å²) in [6.07, 6.45) is 0. The molecule has 5 heteroatoms. The molecule has 1 heterocycles. The number of nitrogens with two attached hydrogens (primary N) is 1. The van der Waals surface area contributed by atoms with Crippen LogP contribution in [-0.2, 0) is 17.9 Å². The molecule has 2 N–H and O–H groups in total. The van der Waals surface area contributed by atoms with E-state index in [2.05, 4.69) is 0 Å². The number of amides is 1. The number of hydrogen-bond acceptors (Lipinski definition) is 3. The lowest BCUT2D eigenvalue weighted by molar-refractivity contribution is -0.689. The van der Waals surface area contributed by atoms with Gasteiger partial charge in [-0.25, -0.2) is 0 Å². The number of rotatable bonds is 6. The summed E-state index contributed by atoms with van der Waals surface area (Å²) in [4.78, 5) is 14.3. The lowest BCUT2D eigenvalue weighted by Gasteiger charge is -2.20. The Balaban J connectivity index is 1.52. The van der Waals surface area contributed by atoms with Crippen molar-refractivity contribution in [2.24, 2.45) is 0 Å². The molecule has 0 spiro atoms. The van der Waals surface area contributed by atoms with Crippen molar-refractivity contribution in [3.63, 3.8) is 0 Å². The zero-order valence-corrected chi connectivity index (χ0v) is 14.1. The highest BCUT2D eigenvalue weighted by molar-refractivity contribution is 5.79. The van der Waals surface area contributed by atoms with Gasteiger partial charge in [-0.15, -0.1) is 0 Å². The van der Waals surface area contributed by atoms with Gasteiger partial charge in [-0.2, -0.15) is 0 Å². The first-order valence-electron chi connectivity index (χ1n) is 8.14. The largest absolute Gasteiger partial charge is 0.454 e. The van der Waals surface area contributed by atoms with Gasteiger partial charge in [-0.3, -0.25) is 4.79 Å². The van der Waals surface area contributed by atoms with Crippen molar-refractivity contribution in [1.82, 2.24) is 4.90 Å². The van der Waals surface area contributed by atoms with Crippen LogP contribution in [0.3, 0.4) is 0 Å². The fraction of sp³-hybridized carbons (Fsp3) is 0.316. The average molecular weight is 327 g/mol. The Morgan fingerprint density at radius 2 is 1.88 bits per heavy atom. The van der Waals surface area contributed by atoms with E-state index in [9.17, 15) is 4.79 Å². The Labute approximate surface area is 142 Å². The standard InChI is InChI=1S/C19H22N2O3/c1-14(19(22)21(2)12-15-6-4-3-5-7-15)20-11-16-8-9-17-18(10-16)24-13-23-17/h3-10,14,20H,11-13H2,1-2H3/p+1/t14-/m1/s1. The molecule has 1 amide bonds. The topological polar surface area (TPSA) is 55.4 Å². The number of carbonyl (C=O) groups excluding carboxylic acids is 1. The molecule has 5 nitrogen and oxygen atoms in total. The van der Waals surface area contributed by atoms with Gasteiger partial charge in [0.1, 0.15) is 6.54 Å². The molecule has 1 aliphatic heterocycles. The third-order valence-electron chi connectivity index (χ3n) is 4.17. The van der Waals surface area contributed by atoms with E-state index >= 15 is 0 Å². The van der Waals surface area contributed by atoms with E-state index in [-0.39, 0.29) is 18.7 Å². The van der Waals surface area contributed by atoms with Crippen LogP contribution in [0, 0.1) is 0 Å². The maximum absolute atomic E-state index is 12.5. The molecule has 126 valence electrons. The molecule has 0 aromatic heterocycles. The van der Waals surface area contributed by atoms with Crippen molar-refractivity contribution < 1.29 is 19.6 Å². The molecule has 0 saturated carbocycles. The molecule has 0 saturated heterocycles. The second-order valence-electron chi connectivity index (χ2n) is 6.10. The van der Waals surface area contributed by atoms with Crippen LogP contribution in [0.25, 0.3) is 0 Å². The van der Waals surface area contributed by atoms with Gasteiger partial charge in [0, 0.05) is 19.2 Å². The highest BCUT2D eigenvalue weighted by atomic mass is 16.7. The maximum Gasteiger partial charge on any atom is 0.280 e. The van der Waals surface area contributed by atoms with Gasteiger partial charge in [-0.05, 0) is 30.7 Å². The fourth-order valence-electron chi connectivity index (χ4n) is 2.76. The summed E-state index contributed by atoms with van der Waals surface area (Å²) in [6.45, 7) is 3.57. The minimum Gasteiger partial charge on any atom is -0.454 e. The monoisotopic (exact) mass is 327 g/mol. The summed E-state index contributed by atoms with van der Waals surface area (Å²) < 4.78 is 10.7. The van der Waals surface area contributed by atoms with E-state index in [1.165, 1.54) is 0 Å². The van der Waals surface area contributed by atoms with E-state index in [1.807, 2.05) is 67.8 Å². The number of nitrogens with zero attached hydrogens (tertiary/aromatic N) is 1. The Morgan fingerprint density at radius 3 is 2.67 bits per heavy atom. The van der Waals surface area contributed by atoms with Gasteiger partial charge in [-0.1, -0.05) is 30.3 Å².